The van der Waals surface area contributed by atoms with Crippen LogP contribution >= 0.6 is 0 Å². The fourth-order valence-electron chi connectivity index (χ4n) is 4.74. The average molecular weight is 335 g/mol. The number of fused-ring (bicyclic) bond motifs is 1. The summed E-state index contributed by atoms with van der Waals surface area (Å²) < 4.78 is 0. The summed E-state index contributed by atoms with van der Waals surface area (Å²) in [5.41, 5.74) is 0. The van der Waals surface area contributed by atoms with Gasteiger partial charge in [0, 0.05) is 32.1 Å². The first-order valence-electron chi connectivity index (χ1n) is 9.99. The predicted octanol–water partition coefficient (Wildman–Crippen LogP) is 2.06. The summed E-state index contributed by atoms with van der Waals surface area (Å²) >= 11 is 0. The smallest absolute Gasteiger partial charge is 0.239 e. The second kappa shape index (κ2) is 8.32. The van der Waals surface area contributed by atoms with Gasteiger partial charge in [-0.2, -0.15) is 0 Å². The Kier molecular flexibility index (Phi) is 6.14. The third-order valence-electron chi connectivity index (χ3n) is 6.06. The number of nitrogens with one attached hydrogen (secondary N) is 2. The maximum absolute atomic E-state index is 12.9. The highest BCUT2D eigenvalue weighted by Gasteiger charge is 2.40. The molecular formula is C19H33N3O2. The van der Waals surface area contributed by atoms with Crippen molar-refractivity contribution in [2.45, 2.75) is 76.8 Å². The van der Waals surface area contributed by atoms with Gasteiger partial charge in [-0.15, -0.1) is 0 Å². The number of hydrogen-bond acceptors (Lipinski definition) is 3. The van der Waals surface area contributed by atoms with Gasteiger partial charge in [-0.1, -0.05) is 19.8 Å². The topological polar surface area (TPSA) is 61.4 Å². The molecule has 1 saturated carbocycles. The molecule has 4 atom stereocenters. The second-order valence-corrected chi connectivity index (χ2v) is 7.95. The maximum atomic E-state index is 12.9. The summed E-state index contributed by atoms with van der Waals surface area (Å²) in [6.07, 6.45) is 9.83. The van der Waals surface area contributed by atoms with Gasteiger partial charge >= 0.3 is 0 Å². The molecule has 3 rings (SSSR count). The molecule has 136 valence electrons. The summed E-state index contributed by atoms with van der Waals surface area (Å²) in [7, 11) is 0. The van der Waals surface area contributed by atoms with Gasteiger partial charge in [0.2, 0.25) is 11.8 Å². The molecule has 3 fully saturated rings. The van der Waals surface area contributed by atoms with Crippen LogP contribution in [0.3, 0.4) is 0 Å². The summed E-state index contributed by atoms with van der Waals surface area (Å²) in [6, 6.07) is 0.605. The third kappa shape index (κ3) is 4.29. The zero-order chi connectivity index (χ0) is 16.9. The van der Waals surface area contributed by atoms with E-state index in [1.807, 2.05) is 6.92 Å². The van der Waals surface area contributed by atoms with E-state index in [9.17, 15) is 9.59 Å². The lowest BCUT2D eigenvalue weighted by atomic mass is 9.85. The van der Waals surface area contributed by atoms with E-state index < -0.39 is 0 Å². The molecule has 4 unspecified atom stereocenters. The first-order chi connectivity index (χ1) is 11.7. The van der Waals surface area contributed by atoms with Crippen LogP contribution < -0.4 is 10.6 Å². The van der Waals surface area contributed by atoms with Crippen molar-refractivity contribution in [3.8, 4) is 0 Å². The quantitative estimate of drug-likeness (QED) is 0.808. The predicted molar refractivity (Wildman–Crippen MR) is 94.5 cm³/mol. The monoisotopic (exact) mass is 335 g/mol. The third-order valence-corrected chi connectivity index (χ3v) is 6.06. The normalized spacial score (nSPS) is 33.1. The number of rotatable bonds is 5. The molecule has 2 aliphatic heterocycles. The second-order valence-electron chi connectivity index (χ2n) is 7.95. The number of carbonyl (C=O) groups is 2. The van der Waals surface area contributed by atoms with Crippen LogP contribution in [-0.2, 0) is 9.59 Å². The SMILES string of the molecule is CCCC(=O)NCC1CCCN(C(=O)C2CC3CCCCC3N2)C1. The molecule has 2 saturated heterocycles. The van der Waals surface area contributed by atoms with Gasteiger partial charge in [0.15, 0.2) is 0 Å². The number of piperidine rings is 1. The molecule has 0 bridgehead atoms. The van der Waals surface area contributed by atoms with Gasteiger partial charge in [-0.3, -0.25) is 9.59 Å². The van der Waals surface area contributed by atoms with E-state index >= 15 is 0 Å². The van der Waals surface area contributed by atoms with Crippen LogP contribution in [0.15, 0.2) is 0 Å². The Labute approximate surface area is 145 Å². The van der Waals surface area contributed by atoms with Crippen LogP contribution in [0.5, 0.6) is 0 Å². The zero-order valence-corrected chi connectivity index (χ0v) is 15.1. The molecule has 0 spiro atoms. The van der Waals surface area contributed by atoms with E-state index in [1.54, 1.807) is 0 Å². The number of amides is 2. The fourth-order valence-corrected chi connectivity index (χ4v) is 4.74. The Morgan fingerprint density at radius 1 is 1.17 bits per heavy atom. The molecular weight excluding hydrogens is 302 g/mol. The van der Waals surface area contributed by atoms with Gasteiger partial charge in [0.25, 0.3) is 0 Å². The van der Waals surface area contributed by atoms with Crippen LogP contribution in [0.1, 0.15) is 64.7 Å². The van der Waals surface area contributed by atoms with Gasteiger partial charge < -0.3 is 15.5 Å². The molecule has 2 N–H and O–H groups in total. The molecule has 2 heterocycles. The molecule has 1 aliphatic carbocycles. The van der Waals surface area contributed by atoms with Crippen molar-refractivity contribution >= 4 is 11.8 Å². The number of likely N-dealkylation sites (tertiary alicyclic amines) is 1. The van der Waals surface area contributed by atoms with Gasteiger partial charge in [0.05, 0.1) is 6.04 Å². The van der Waals surface area contributed by atoms with E-state index in [1.165, 1.54) is 25.7 Å². The minimum atomic E-state index is 0.0338. The van der Waals surface area contributed by atoms with Crippen LogP contribution in [-0.4, -0.2) is 48.4 Å². The molecule has 0 aromatic rings. The summed E-state index contributed by atoms with van der Waals surface area (Å²) in [5.74, 6) is 1.56. The molecule has 3 aliphatic rings. The Morgan fingerprint density at radius 3 is 2.79 bits per heavy atom. The first-order valence-corrected chi connectivity index (χ1v) is 9.99. The van der Waals surface area contributed by atoms with Gasteiger partial charge in [-0.05, 0) is 50.4 Å². The summed E-state index contributed by atoms with van der Waals surface area (Å²) in [6.45, 7) is 4.42. The lowest BCUT2D eigenvalue weighted by molar-refractivity contribution is -0.135. The Bertz CT molecular complexity index is 440. The van der Waals surface area contributed by atoms with E-state index in [0.717, 1.165) is 38.8 Å². The number of hydrogen-bond donors (Lipinski definition) is 2. The highest BCUT2D eigenvalue weighted by molar-refractivity contribution is 5.82. The van der Waals surface area contributed by atoms with Crippen molar-refractivity contribution in [2.75, 3.05) is 19.6 Å². The first kappa shape index (κ1) is 17.7. The molecule has 24 heavy (non-hydrogen) atoms. The number of nitrogens with zero attached hydrogens (tertiary/aromatic N) is 1. The van der Waals surface area contributed by atoms with E-state index in [0.29, 0.717) is 36.8 Å². The average Bonchev–Trinajstić information content (AvgIpc) is 3.04. The minimum absolute atomic E-state index is 0.0338. The highest BCUT2D eigenvalue weighted by Crippen LogP contribution is 2.34. The van der Waals surface area contributed by atoms with Gasteiger partial charge in [0.1, 0.15) is 0 Å². The molecule has 0 aromatic carbocycles. The van der Waals surface area contributed by atoms with E-state index in [-0.39, 0.29) is 11.9 Å². The van der Waals surface area contributed by atoms with Gasteiger partial charge in [-0.25, -0.2) is 0 Å². The van der Waals surface area contributed by atoms with Crippen LogP contribution in [0.2, 0.25) is 0 Å². The molecule has 0 radical (unpaired) electrons. The van der Waals surface area contributed by atoms with Crippen LogP contribution in [0.25, 0.3) is 0 Å². The standard InChI is InChI=1S/C19H33N3O2/c1-2-6-18(23)20-12-14-7-5-10-22(13-14)19(24)17-11-15-8-3-4-9-16(15)21-17/h14-17,21H,2-13H2,1H3,(H,20,23). The number of carbonyl (C=O) groups excluding carboxylic acids is 2. The molecule has 5 nitrogen and oxygen atoms in total. The largest absolute Gasteiger partial charge is 0.356 e. The highest BCUT2D eigenvalue weighted by atomic mass is 16.2. The molecule has 0 aromatic heterocycles. The zero-order valence-electron chi connectivity index (χ0n) is 15.1. The lowest BCUT2D eigenvalue weighted by Crippen LogP contribution is -2.50. The fraction of sp³-hybridized carbons (Fsp3) is 0.895. The Balaban J connectivity index is 1.47. The van der Waals surface area contributed by atoms with Crippen LogP contribution in [0, 0.1) is 11.8 Å². The van der Waals surface area contributed by atoms with Crippen molar-refractivity contribution in [3.05, 3.63) is 0 Å². The summed E-state index contributed by atoms with van der Waals surface area (Å²) in [4.78, 5) is 26.6. The van der Waals surface area contributed by atoms with Crippen molar-refractivity contribution < 1.29 is 9.59 Å². The molecule has 5 heteroatoms. The summed E-state index contributed by atoms with van der Waals surface area (Å²) in [5, 5.41) is 6.64. The van der Waals surface area contributed by atoms with Crippen molar-refractivity contribution in [2.24, 2.45) is 11.8 Å². The lowest BCUT2D eigenvalue weighted by Gasteiger charge is -2.34. The van der Waals surface area contributed by atoms with Crippen molar-refractivity contribution in [1.82, 2.24) is 15.5 Å². The Morgan fingerprint density at radius 2 is 2.00 bits per heavy atom. The van der Waals surface area contributed by atoms with Crippen LogP contribution in [0.4, 0.5) is 0 Å². The van der Waals surface area contributed by atoms with Crippen molar-refractivity contribution in [1.29, 1.82) is 0 Å². The Hall–Kier alpha value is -1.10. The molecule has 2 amide bonds. The maximum Gasteiger partial charge on any atom is 0.239 e. The minimum Gasteiger partial charge on any atom is -0.356 e. The van der Waals surface area contributed by atoms with E-state index in [4.69, 9.17) is 0 Å². The van der Waals surface area contributed by atoms with E-state index in [2.05, 4.69) is 15.5 Å². The van der Waals surface area contributed by atoms with Crippen molar-refractivity contribution in [3.63, 3.8) is 0 Å².